The van der Waals surface area contributed by atoms with Gasteiger partial charge in [0.05, 0.1) is 9.82 Å². The average Bonchev–Trinajstić information content (AvgIpc) is 2.50. The first-order chi connectivity index (χ1) is 10.4. The van der Waals surface area contributed by atoms with Gasteiger partial charge in [-0.1, -0.05) is 45.1 Å². The normalized spacial score (nSPS) is 11.8. The van der Waals surface area contributed by atoms with Gasteiger partial charge in [-0.3, -0.25) is 10.1 Å². The molecule has 0 saturated heterocycles. The van der Waals surface area contributed by atoms with E-state index in [1.807, 2.05) is 0 Å². The minimum absolute atomic E-state index is 0.0322. The molecule has 0 atom stereocenters. The lowest BCUT2D eigenvalue weighted by Crippen LogP contribution is -2.28. The van der Waals surface area contributed by atoms with Crippen LogP contribution in [0.15, 0.2) is 29.2 Å². The third-order valence-electron chi connectivity index (χ3n) is 3.56. The first-order valence-electron chi connectivity index (χ1n) is 7.60. The van der Waals surface area contributed by atoms with Crippen molar-refractivity contribution >= 4 is 15.7 Å². The molecule has 1 aromatic carbocycles. The zero-order chi connectivity index (χ0) is 16.6. The van der Waals surface area contributed by atoms with Gasteiger partial charge in [0.25, 0.3) is 5.69 Å². The molecule has 0 amide bonds. The Labute approximate surface area is 132 Å². The molecule has 7 heteroatoms. The zero-order valence-corrected chi connectivity index (χ0v) is 14.0. The van der Waals surface area contributed by atoms with E-state index in [-0.39, 0.29) is 10.6 Å². The number of benzene rings is 1. The zero-order valence-electron chi connectivity index (χ0n) is 13.2. The van der Waals surface area contributed by atoms with Crippen molar-refractivity contribution in [3.8, 4) is 0 Å². The van der Waals surface area contributed by atoms with Crippen molar-refractivity contribution in [2.24, 2.45) is 0 Å². The summed E-state index contributed by atoms with van der Waals surface area (Å²) in [4.78, 5) is 10.1. The minimum Gasteiger partial charge on any atom is -0.258 e. The van der Waals surface area contributed by atoms with Crippen LogP contribution >= 0.6 is 0 Å². The summed E-state index contributed by atoms with van der Waals surface area (Å²) in [5.74, 6) is 0. The van der Waals surface area contributed by atoms with E-state index in [1.54, 1.807) is 0 Å². The predicted molar refractivity (Wildman–Crippen MR) is 86.3 cm³/mol. The van der Waals surface area contributed by atoms with Gasteiger partial charge in [-0.15, -0.1) is 0 Å². The first kappa shape index (κ1) is 18.6. The summed E-state index contributed by atoms with van der Waals surface area (Å²) in [6, 6.07) is 5.17. The molecule has 0 heterocycles. The second-order valence-corrected chi connectivity index (χ2v) is 7.39. The van der Waals surface area contributed by atoms with Crippen LogP contribution in [0.5, 0.6) is 0 Å². The molecule has 0 spiro atoms. The number of nitro groups is 1. The highest BCUT2D eigenvalue weighted by Gasteiger charge is 2.22. The summed E-state index contributed by atoms with van der Waals surface area (Å²) in [5.41, 5.74) is -0.214. The van der Waals surface area contributed by atoms with Crippen LogP contribution in [0.25, 0.3) is 0 Å². The van der Waals surface area contributed by atoms with E-state index < -0.39 is 14.9 Å². The van der Waals surface area contributed by atoms with Gasteiger partial charge in [0.1, 0.15) is 0 Å². The predicted octanol–water partition coefficient (Wildman–Crippen LogP) is 3.58. The van der Waals surface area contributed by atoms with Gasteiger partial charge in [0, 0.05) is 25.7 Å². The van der Waals surface area contributed by atoms with Crippen molar-refractivity contribution in [3.63, 3.8) is 0 Å². The van der Waals surface area contributed by atoms with E-state index in [0.717, 1.165) is 25.3 Å². The van der Waals surface area contributed by atoms with E-state index >= 15 is 0 Å². The maximum Gasteiger partial charge on any atom is 0.270 e. The van der Waals surface area contributed by atoms with E-state index in [1.165, 1.54) is 48.8 Å². The fourth-order valence-electron chi connectivity index (χ4n) is 2.17. The third-order valence-corrected chi connectivity index (χ3v) is 5.42. The van der Waals surface area contributed by atoms with E-state index in [9.17, 15) is 18.5 Å². The molecule has 0 unspecified atom stereocenters. The molecule has 124 valence electrons. The molecular formula is C15H24N2O4S. The lowest BCUT2D eigenvalue weighted by molar-refractivity contribution is -0.385. The van der Waals surface area contributed by atoms with Crippen molar-refractivity contribution in [3.05, 3.63) is 34.4 Å². The van der Waals surface area contributed by atoms with E-state index in [4.69, 9.17) is 0 Å². The standard InChI is InChI=1S/C15H24N2O4S/c1-3-4-5-6-7-8-12-16(2)22(20,21)15-11-9-10-14(13-15)17(18)19/h9-11,13H,3-8,12H2,1-2H3. The van der Waals surface area contributed by atoms with Crippen LogP contribution < -0.4 is 0 Å². The highest BCUT2D eigenvalue weighted by Crippen LogP contribution is 2.20. The first-order valence-corrected chi connectivity index (χ1v) is 9.04. The molecule has 0 saturated carbocycles. The topological polar surface area (TPSA) is 80.5 Å². The molecule has 0 fully saturated rings. The molecule has 0 aliphatic carbocycles. The number of hydrogen-bond donors (Lipinski definition) is 0. The molecule has 0 radical (unpaired) electrons. The molecule has 0 N–H and O–H groups in total. The Morgan fingerprint density at radius 1 is 1.14 bits per heavy atom. The van der Waals surface area contributed by atoms with Gasteiger partial charge >= 0.3 is 0 Å². The maximum absolute atomic E-state index is 12.4. The van der Waals surface area contributed by atoms with Gasteiger partial charge in [-0.25, -0.2) is 12.7 Å². The van der Waals surface area contributed by atoms with E-state index in [2.05, 4.69) is 6.92 Å². The van der Waals surface area contributed by atoms with Crippen LogP contribution in [-0.2, 0) is 10.0 Å². The second-order valence-electron chi connectivity index (χ2n) is 5.35. The van der Waals surface area contributed by atoms with Gasteiger partial charge in [-0.05, 0) is 12.5 Å². The molecule has 0 aromatic heterocycles. The van der Waals surface area contributed by atoms with Crippen molar-refractivity contribution in [1.82, 2.24) is 4.31 Å². The van der Waals surface area contributed by atoms with Crippen molar-refractivity contribution in [2.75, 3.05) is 13.6 Å². The molecule has 1 rings (SSSR count). The largest absolute Gasteiger partial charge is 0.270 e. The lowest BCUT2D eigenvalue weighted by Gasteiger charge is -2.17. The number of rotatable bonds is 10. The van der Waals surface area contributed by atoms with Gasteiger partial charge in [0.2, 0.25) is 10.0 Å². The number of sulfonamides is 1. The van der Waals surface area contributed by atoms with Crippen LogP contribution in [-0.4, -0.2) is 31.2 Å². The molecule has 0 aliphatic heterocycles. The number of non-ortho nitro benzene ring substituents is 1. The molecular weight excluding hydrogens is 304 g/mol. The SMILES string of the molecule is CCCCCCCCN(C)S(=O)(=O)c1cccc([N+](=O)[O-])c1. The summed E-state index contributed by atoms with van der Waals surface area (Å²) in [6.07, 6.45) is 6.47. The van der Waals surface area contributed by atoms with Crippen molar-refractivity contribution in [2.45, 2.75) is 50.3 Å². The maximum atomic E-state index is 12.4. The number of hydrogen-bond acceptors (Lipinski definition) is 4. The van der Waals surface area contributed by atoms with Crippen LogP contribution in [0.2, 0.25) is 0 Å². The highest BCUT2D eigenvalue weighted by atomic mass is 32.2. The average molecular weight is 328 g/mol. The minimum atomic E-state index is -3.66. The van der Waals surface area contributed by atoms with Crippen LogP contribution in [0, 0.1) is 10.1 Å². The molecule has 1 aromatic rings. The monoisotopic (exact) mass is 328 g/mol. The second kappa shape index (κ2) is 8.85. The summed E-state index contributed by atoms with van der Waals surface area (Å²) < 4.78 is 26.0. The summed E-state index contributed by atoms with van der Waals surface area (Å²) in [5, 5.41) is 10.7. The fraction of sp³-hybridized carbons (Fsp3) is 0.600. The van der Waals surface area contributed by atoms with Crippen LogP contribution in [0.4, 0.5) is 5.69 Å². The lowest BCUT2D eigenvalue weighted by atomic mass is 10.1. The van der Waals surface area contributed by atoms with Crippen molar-refractivity contribution < 1.29 is 13.3 Å². The number of nitrogens with zero attached hydrogens (tertiary/aromatic N) is 2. The highest BCUT2D eigenvalue weighted by molar-refractivity contribution is 7.89. The number of nitro benzene ring substituents is 1. The van der Waals surface area contributed by atoms with E-state index in [0.29, 0.717) is 6.54 Å². The summed E-state index contributed by atoms with van der Waals surface area (Å²) >= 11 is 0. The molecule has 0 bridgehead atoms. The molecule has 22 heavy (non-hydrogen) atoms. The Kier molecular flexibility index (Phi) is 7.47. The molecule has 0 aliphatic rings. The number of unbranched alkanes of at least 4 members (excludes halogenated alkanes) is 5. The van der Waals surface area contributed by atoms with Gasteiger partial charge in [-0.2, -0.15) is 0 Å². The Morgan fingerprint density at radius 2 is 1.77 bits per heavy atom. The Hall–Kier alpha value is -1.47. The van der Waals surface area contributed by atoms with Crippen LogP contribution in [0.3, 0.4) is 0 Å². The Morgan fingerprint density at radius 3 is 2.41 bits per heavy atom. The fourth-order valence-corrected chi connectivity index (χ4v) is 3.42. The van der Waals surface area contributed by atoms with Crippen LogP contribution in [0.1, 0.15) is 45.4 Å². The molecule has 6 nitrogen and oxygen atoms in total. The van der Waals surface area contributed by atoms with Gasteiger partial charge < -0.3 is 0 Å². The Bertz CT molecular complexity index is 587. The summed E-state index contributed by atoms with van der Waals surface area (Å²) in [6.45, 7) is 2.58. The smallest absolute Gasteiger partial charge is 0.258 e. The van der Waals surface area contributed by atoms with Gasteiger partial charge in [0.15, 0.2) is 0 Å². The quantitative estimate of drug-likeness (QED) is 0.373. The Balaban J connectivity index is 2.61. The van der Waals surface area contributed by atoms with Crippen molar-refractivity contribution in [1.29, 1.82) is 0 Å². The summed E-state index contributed by atoms with van der Waals surface area (Å²) in [7, 11) is -2.15. The third kappa shape index (κ3) is 5.38.